The van der Waals surface area contributed by atoms with Crippen molar-refractivity contribution in [1.82, 2.24) is 10.7 Å². The number of allylic oxidation sites excluding steroid dienone is 1. The summed E-state index contributed by atoms with van der Waals surface area (Å²) in [6, 6.07) is 0. The number of nitrogens with one attached hydrogen (secondary N) is 1. The van der Waals surface area contributed by atoms with Gasteiger partial charge in [-0.05, 0) is 0 Å². The van der Waals surface area contributed by atoms with E-state index < -0.39 is 5.95 Å². The molecule has 0 spiro atoms. The molecule has 3 N–H and O–H groups in total. The Morgan fingerprint density at radius 1 is 1.88 bits per heavy atom. The van der Waals surface area contributed by atoms with E-state index in [2.05, 4.69) is 10.5 Å². The number of rotatable bonds is 0. The molecule has 0 aromatic carbocycles. The summed E-state index contributed by atoms with van der Waals surface area (Å²) in [5, 5.41) is 4.23. The Bertz CT molecular complexity index is 140. The number of hydrogen-bond donors (Lipinski definition) is 2. The van der Waals surface area contributed by atoms with Gasteiger partial charge >= 0.3 is 0 Å². The zero-order chi connectivity index (χ0) is 5.98. The summed E-state index contributed by atoms with van der Waals surface area (Å²) in [6.07, 6.45) is 2.43. The van der Waals surface area contributed by atoms with Gasteiger partial charge in [0.1, 0.15) is 0 Å². The predicted molar refractivity (Wildman–Crippen MR) is 26.8 cm³/mol. The lowest BCUT2D eigenvalue weighted by molar-refractivity contribution is 0.200. The smallest absolute Gasteiger partial charge is 0.209 e. The molecule has 0 saturated heterocycles. The molecule has 1 aliphatic heterocycles. The van der Waals surface area contributed by atoms with Crippen molar-refractivity contribution in [2.45, 2.75) is 0 Å². The largest absolute Gasteiger partial charge is 0.242 e. The Morgan fingerprint density at radius 2 is 2.62 bits per heavy atom. The normalized spacial score (nSPS) is 17.8. The van der Waals surface area contributed by atoms with Crippen LogP contribution in [0.25, 0.3) is 0 Å². The van der Waals surface area contributed by atoms with Crippen molar-refractivity contribution in [2.24, 2.45) is 10.9 Å². The van der Waals surface area contributed by atoms with E-state index in [4.69, 9.17) is 5.84 Å². The lowest BCUT2D eigenvalue weighted by Crippen LogP contribution is -2.39. The summed E-state index contributed by atoms with van der Waals surface area (Å²) in [5.74, 6) is 4.46. The Morgan fingerprint density at radius 3 is 3.00 bits per heavy atom. The van der Waals surface area contributed by atoms with Crippen molar-refractivity contribution in [3.05, 3.63) is 12.0 Å². The maximum atomic E-state index is 12.0. The highest BCUT2D eigenvalue weighted by Gasteiger charge is 1.98. The number of hydrazine groups is 2. The molecule has 4 nitrogen and oxygen atoms in total. The summed E-state index contributed by atoms with van der Waals surface area (Å²) in [4.78, 5) is 0. The van der Waals surface area contributed by atoms with Crippen LogP contribution >= 0.6 is 0 Å². The van der Waals surface area contributed by atoms with E-state index in [1.54, 1.807) is 0 Å². The minimum absolute atomic E-state index is 0.512. The predicted octanol–water partition coefficient (Wildman–Crippen LogP) is -0.523. The lowest BCUT2D eigenvalue weighted by Gasteiger charge is -2.14. The van der Waals surface area contributed by atoms with Gasteiger partial charge in [-0.1, -0.05) is 0 Å². The molecular formula is C3H5FN4. The number of nitrogens with zero attached hydrogens (tertiary/aromatic N) is 2. The quantitative estimate of drug-likeness (QED) is 0.330. The minimum Gasteiger partial charge on any atom is -0.242 e. The monoisotopic (exact) mass is 116 g/mol. The third-order valence-electron chi connectivity index (χ3n) is 0.633. The number of halogens is 1. The Balaban J connectivity index is 2.59. The molecular weight excluding hydrogens is 111 g/mol. The van der Waals surface area contributed by atoms with Crippen LogP contribution in [0.15, 0.2) is 17.1 Å². The van der Waals surface area contributed by atoms with Gasteiger partial charge in [0.05, 0.1) is 6.21 Å². The van der Waals surface area contributed by atoms with E-state index in [1.807, 2.05) is 0 Å². The first-order valence-corrected chi connectivity index (χ1v) is 2.00. The summed E-state index contributed by atoms with van der Waals surface area (Å²) in [7, 11) is 0. The molecule has 0 fully saturated rings. The zero-order valence-electron chi connectivity index (χ0n) is 4.00. The van der Waals surface area contributed by atoms with Crippen molar-refractivity contribution in [2.75, 3.05) is 0 Å². The Kier molecular flexibility index (Phi) is 1.13. The van der Waals surface area contributed by atoms with Gasteiger partial charge in [-0.25, -0.2) is 11.3 Å². The molecule has 1 aliphatic rings. The van der Waals surface area contributed by atoms with Crippen LogP contribution in [0.5, 0.6) is 0 Å². The fourth-order valence-electron chi connectivity index (χ4n) is 0.346. The van der Waals surface area contributed by atoms with Crippen molar-refractivity contribution in [1.29, 1.82) is 0 Å². The van der Waals surface area contributed by atoms with Crippen LogP contribution in [-0.2, 0) is 0 Å². The average Bonchev–Trinajstić information content (AvgIpc) is 1.64. The molecule has 1 heterocycles. The average molecular weight is 116 g/mol. The van der Waals surface area contributed by atoms with Gasteiger partial charge in [-0.3, -0.25) is 0 Å². The SMILES string of the molecule is NN1N=CC=C(F)N1. The van der Waals surface area contributed by atoms with Gasteiger partial charge in [-0.2, -0.15) is 4.39 Å². The van der Waals surface area contributed by atoms with Crippen LogP contribution in [0.4, 0.5) is 4.39 Å². The van der Waals surface area contributed by atoms with Gasteiger partial charge in [0, 0.05) is 6.08 Å². The van der Waals surface area contributed by atoms with Gasteiger partial charge < -0.3 is 0 Å². The maximum Gasteiger partial charge on any atom is 0.209 e. The molecule has 0 aliphatic carbocycles. The topological polar surface area (TPSA) is 53.6 Å². The Labute approximate surface area is 45.4 Å². The Hall–Kier alpha value is -1.10. The zero-order valence-corrected chi connectivity index (χ0v) is 4.00. The highest BCUT2D eigenvalue weighted by Crippen LogP contribution is 1.92. The second kappa shape index (κ2) is 1.79. The molecule has 0 bridgehead atoms. The highest BCUT2D eigenvalue weighted by atomic mass is 19.1. The molecule has 44 valence electrons. The molecule has 5 heteroatoms. The third kappa shape index (κ3) is 0.941. The van der Waals surface area contributed by atoms with Crippen LogP contribution < -0.4 is 11.3 Å². The van der Waals surface area contributed by atoms with Crippen molar-refractivity contribution in [3.8, 4) is 0 Å². The van der Waals surface area contributed by atoms with Crippen LogP contribution in [0, 0.1) is 0 Å². The van der Waals surface area contributed by atoms with Crippen molar-refractivity contribution >= 4 is 6.21 Å². The lowest BCUT2D eigenvalue weighted by atomic mass is 10.6. The van der Waals surface area contributed by atoms with Gasteiger partial charge in [-0.15, -0.1) is 10.3 Å². The molecule has 0 aromatic rings. The van der Waals surface area contributed by atoms with Crippen LogP contribution in [0.2, 0.25) is 0 Å². The van der Waals surface area contributed by atoms with E-state index in [1.165, 1.54) is 12.3 Å². The van der Waals surface area contributed by atoms with E-state index in [0.717, 1.165) is 5.23 Å². The van der Waals surface area contributed by atoms with Gasteiger partial charge in [0.2, 0.25) is 5.95 Å². The molecule has 0 unspecified atom stereocenters. The number of nitrogens with two attached hydrogens (primary N) is 1. The number of hydrazone groups is 1. The number of hydrogen-bond acceptors (Lipinski definition) is 4. The molecule has 0 amide bonds. The second-order valence-electron chi connectivity index (χ2n) is 1.24. The van der Waals surface area contributed by atoms with E-state index >= 15 is 0 Å². The van der Waals surface area contributed by atoms with Gasteiger partial charge in [0.25, 0.3) is 0 Å². The second-order valence-corrected chi connectivity index (χ2v) is 1.24. The first-order chi connectivity index (χ1) is 3.79. The standard InChI is InChI=1S/C3H5FN4/c4-3-1-2-6-8(5)7-3/h1-2,7H,5H2. The molecule has 0 saturated carbocycles. The first-order valence-electron chi connectivity index (χ1n) is 2.00. The van der Waals surface area contributed by atoms with Crippen molar-refractivity contribution < 1.29 is 4.39 Å². The summed E-state index contributed by atoms with van der Waals surface area (Å²) in [6.45, 7) is 0. The van der Waals surface area contributed by atoms with E-state index in [-0.39, 0.29) is 0 Å². The van der Waals surface area contributed by atoms with E-state index in [0.29, 0.717) is 0 Å². The fraction of sp³-hybridized carbons (Fsp3) is 0. The maximum absolute atomic E-state index is 12.0. The van der Waals surface area contributed by atoms with Crippen LogP contribution in [0.1, 0.15) is 0 Å². The molecule has 8 heavy (non-hydrogen) atoms. The third-order valence-corrected chi connectivity index (χ3v) is 0.633. The van der Waals surface area contributed by atoms with Crippen LogP contribution in [-0.4, -0.2) is 11.4 Å². The minimum atomic E-state index is -0.512. The van der Waals surface area contributed by atoms with Crippen LogP contribution in [0.3, 0.4) is 0 Å². The van der Waals surface area contributed by atoms with Crippen molar-refractivity contribution in [3.63, 3.8) is 0 Å². The highest BCUT2D eigenvalue weighted by molar-refractivity contribution is 5.71. The summed E-state index contributed by atoms with van der Waals surface area (Å²) in [5.41, 5.74) is 2.09. The van der Waals surface area contributed by atoms with E-state index in [9.17, 15) is 4.39 Å². The summed E-state index contributed by atoms with van der Waals surface area (Å²) < 4.78 is 12.0. The molecule has 0 radical (unpaired) electrons. The molecule has 1 rings (SSSR count). The fourth-order valence-corrected chi connectivity index (χ4v) is 0.346. The van der Waals surface area contributed by atoms with Gasteiger partial charge in [0.15, 0.2) is 0 Å². The first kappa shape index (κ1) is 5.04. The molecule has 0 atom stereocenters. The summed E-state index contributed by atoms with van der Waals surface area (Å²) >= 11 is 0. The molecule has 0 aromatic heterocycles.